The van der Waals surface area contributed by atoms with Gasteiger partial charge < -0.3 is 15.3 Å². The minimum Gasteiger partial charge on any atom is -0.392 e. The highest BCUT2D eigenvalue weighted by molar-refractivity contribution is 5.78. The van der Waals surface area contributed by atoms with Crippen LogP contribution in [0.1, 0.15) is 25.0 Å². The van der Waals surface area contributed by atoms with E-state index in [1.165, 1.54) is 0 Å². The zero-order valence-electron chi connectivity index (χ0n) is 12.9. The van der Waals surface area contributed by atoms with Crippen LogP contribution < -0.4 is 5.32 Å². The molecule has 0 spiro atoms. The van der Waals surface area contributed by atoms with Crippen molar-refractivity contribution in [2.45, 2.75) is 32.9 Å². The molecule has 4 heteroatoms. The number of nitrogens with zero attached hydrogens (tertiary/aromatic N) is 1. The predicted molar refractivity (Wildman–Crippen MR) is 81.4 cm³/mol. The van der Waals surface area contributed by atoms with Crippen molar-refractivity contribution in [1.82, 2.24) is 10.2 Å². The Kier molecular flexibility index (Phi) is 6.68. The molecule has 112 valence electrons. The minimum absolute atomic E-state index is 0.0331. The smallest absolute Gasteiger partial charge is 0.224 e. The number of likely N-dealkylation sites (N-methyl/N-ethyl adjacent to an activating group) is 1. The standard InChI is InChI=1S/C16H26N2O2/c1-12(2)15(18(3)4)10-17-16(20)9-13-5-7-14(11-19)8-6-13/h5-8,12,15,19H,9-11H2,1-4H3,(H,17,20)/t15-/m0/s1. The average Bonchev–Trinajstić information content (AvgIpc) is 2.39. The van der Waals surface area contributed by atoms with Gasteiger partial charge in [-0.05, 0) is 31.1 Å². The summed E-state index contributed by atoms with van der Waals surface area (Å²) in [5.41, 5.74) is 1.83. The number of rotatable bonds is 7. The van der Waals surface area contributed by atoms with E-state index in [0.717, 1.165) is 11.1 Å². The van der Waals surface area contributed by atoms with Crippen LogP contribution in [0.4, 0.5) is 0 Å². The fourth-order valence-electron chi connectivity index (χ4n) is 2.24. The van der Waals surface area contributed by atoms with Gasteiger partial charge in [0.1, 0.15) is 0 Å². The molecule has 0 aliphatic heterocycles. The molecule has 1 aromatic rings. The summed E-state index contributed by atoms with van der Waals surface area (Å²) in [6.07, 6.45) is 0.379. The molecule has 20 heavy (non-hydrogen) atoms. The lowest BCUT2D eigenvalue weighted by atomic mass is 10.0. The maximum atomic E-state index is 11.9. The third-order valence-corrected chi connectivity index (χ3v) is 3.51. The van der Waals surface area contributed by atoms with Crippen molar-refractivity contribution in [3.8, 4) is 0 Å². The predicted octanol–water partition coefficient (Wildman–Crippen LogP) is 1.42. The largest absolute Gasteiger partial charge is 0.392 e. The molecule has 0 radical (unpaired) electrons. The topological polar surface area (TPSA) is 52.6 Å². The number of aliphatic hydroxyl groups is 1. The molecular formula is C16H26N2O2. The molecule has 0 aromatic heterocycles. The highest BCUT2D eigenvalue weighted by atomic mass is 16.3. The van der Waals surface area contributed by atoms with Gasteiger partial charge in [-0.3, -0.25) is 4.79 Å². The molecule has 0 unspecified atom stereocenters. The van der Waals surface area contributed by atoms with Crippen LogP contribution >= 0.6 is 0 Å². The quantitative estimate of drug-likeness (QED) is 0.793. The van der Waals surface area contributed by atoms with Gasteiger partial charge in [0.25, 0.3) is 0 Å². The van der Waals surface area contributed by atoms with E-state index in [0.29, 0.717) is 24.9 Å². The molecule has 0 saturated heterocycles. The third-order valence-electron chi connectivity index (χ3n) is 3.51. The highest BCUT2D eigenvalue weighted by Crippen LogP contribution is 2.07. The first-order valence-corrected chi connectivity index (χ1v) is 7.05. The summed E-state index contributed by atoms with van der Waals surface area (Å²) in [6, 6.07) is 7.81. The van der Waals surface area contributed by atoms with Gasteiger partial charge in [0, 0.05) is 12.6 Å². The molecule has 4 nitrogen and oxygen atoms in total. The Balaban J connectivity index is 2.46. The minimum atomic E-state index is 0.0331. The normalized spacial score (nSPS) is 12.8. The molecule has 1 atom stereocenters. The zero-order valence-corrected chi connectivity index (χ0v) is 12.9. The van der Waals surface area contributed by atoms with Gasteiger partial charge in [-0.2, -0.15) is 0 Å². The van der Waals surface area contributed by atoms with Crippen molar-refractivity contribution in [2.24, 2.45) is 5.92 Å². The second kappa shape index (κ2) is 8.02. The second-order valence-electron chi connectivity index (χ2n) is 5.73. The van der Waals surface area contributed by atoms with Crippen molar-refractivity contribution >= 4 is 5.91 Å². The van der Waals surface area contributed by atoms with E-state index in [1.807, 2.05) is 38.4 Å². The van der Waals surface area contributed by atoms with Gasteiger partial charge in [0.05, 0.1) is 13.0 Å². The number of carbonyl (C=O) groups excluding carboxylic acids is 1. The summed E-state index contributed by atoms with van der Waals surface area (Å²) in [5, 5.41) is 12.0. The Morgan fingerprint density at radius 2 is 1.75 bits per heavy atom. The molecule has 0 heterocycles. The number of hydrogen-bond acceptors (Lipinski definition) is 3. The maximum absolute atomic E-state index is 11.9. The summed E-state index contributed by atoms with van der Waals surface area (Å²) in [7, 11) is 4.06. The Morgan fingerprint density at radius 1 is 1.20 bits per heavy atom. The fraction of sp³-hybridized carbons (Fsp3) is 0.562. The van der Waals surface area contributed by atoms with E-state index in [4.69, 9.17) is 5.11 Å². The SMILES string of the molecule is CC(C)[C@H](CNC(=O)Cc1ccc(CO)cc1)N(C)C. The average molecular weight is 278 g/mol. The van der Waals surface area contributed by atoms with Gasteiger partial charge in [-0.15, -0.1) is 0 Å². The lowest BCUT2D eigenvalue weighted by Gasteiger charge is -2.28. The number of carbonyl (C=O) groups is 1. The first-order chi connectivity index (χ1) is 9.43. The number of aliphatic hydroxyl groups excluding tert-OH is 1. The van der Waals surface area contributed by atoms with Crippen LogP contribution in [-0.4, -0.2) is 42.6 Å². The maximum Gasteiger partial charge on any atom is 0.224 e. The highest BCUT2D eigenvalue weighted by Gasteiger charge is 2.16. The van der Waals surface area contributed by atoms with Gasteiger partial charge in [-0.1, -0.05) is 38.1 Å². The van der Waals surface area contributed by atoms with Crippen LogP contribution in [0, 0.1) is 5.92 Å². The first-order valence-electron chi connectivity index (χ1n) is 7.05. The van der Waals surface area contributed by atoms with Gasteiger partial charge in [-0.25, -0.2) is 0 Å². The summed E-state index contributed by atoms with van der Waals surface area (Å²) in [5.74, 6) is 0.531. The van der Waals surface area contributed by atoms with E-state index in [-0.39, 0.29) is 12.5 Å². The van der Waals surface area contributed by atoms with E-state index in [2.05, 4.69) is 24.1 Å². The van der Waals surface area contributed by atoms with Crippen LogP contribution in [0.3, 0.4) is 0 Å². The van der Waals surface area contributed by atoms with Crippen LogP contribution in [0.5, 0.6) is 0 Å². The van der Waals surface area contributed by atoms with Crippen LogP contribution in [0.25, 0.3) is 0 Å². The summed E-state index contributed by atoms with van der Waals surface area (Å²) in [6.45, 7) is 5.01. The molecule has 0 aliphatic carbocycles. The number of hydrogen-bond donors (Lipinski definition) is 2. The van der Waals surface area contributed by atoms with Crippen molar-refractivity contribution in [2.75, 3.05) is 20.6 Å². The Bertz CT molecular complexity index is 405. The molecule has 0 aliphatic rings. The van der Waals surface area contributed by atoms with Crippen molar-refractivity contribution < 1.29 is 9.90 Å². The lowest BCUT2D eigenvalue weighted by Crippen LogP contribution is -2.43. The molecule has 1 rings (SSSR count). The first kappa shape index (κ1) is 16.7. The monoisotopic (exact) mass is 278 g/mol. The molecule has 1 amide bonds. The zero-order chi connectivity index (χ0) is 15.1. The van der Waals surface area contributed by atoms with Crippen molar-refractivity contribution in [3.63, 3.8) is 0 Å². The van der Waals surface area contributed by atoms with Gasteiger partial charge in [0.2, 0.25) is 5.91 Å². The molecule has 0 fully saturated rings. The van der Waals surface area contributed by atoms with Crippen LogP contribution in [-0.2, 0) is 17.8 Å². The van der Waals surface area contributed by atoms with Crippen molar-refractivity contribution in [1.29, 1.82) is 0 Å². The Morgan fingerprint density at radius 3 is 2.20 bits per heavy atom. The lowest BCUT2D eigenvalue weighted by molar-refractivity contribution is -0.120. The summed E-state index contributed by atoms with van der Waals surface area (Å²) < 4.78 is 0. The van der Waals surface area contributed by atoms with E-state index < -0.39 is 0 Å². The number of nitrogens with one attached hydrogen (secondary N) is 1. The van der Waals surface area contributed by atoms with Crippen molar-refractivity contribution in [3.05, 3.63) is 35.4 Å². The Labute approximate surface area is 121 Å². The number of benzene rings is 1. The van der Waals surface area contributed by atoms with Gasteiger partial charge >= 0.3 is 0 Å². The second-order valence-corrected chi connectivity index (χ2v) is 5.73. The summed E-state index contributed by atoms with van der Waals surface area (Å²) >= 11 is 0. The number of amides is 1. The molecule has 0 saturated carbocycles. The molecule has 0 bridgehead atoms. The Hall–Kier alpha value is -1.39. The molecule has 1 aromatic carbocycles. The van der Waals surface area contributed by atoms with E-state index >= 15 is 0 Å². The van der Waals surface area contributed by atoms with Crippen LogP contribution in [0.2, 0.25) is 0 Å². The van der Waals surface area contributed by atoms with E-state index in [1.54, 1.807) is 0 Å². The molecule has 2 N–H and O–H groups in total. The summed E-state index contributed by atoms with van der Waals surface area (Å²) in [4.78, 5) is 14.1. The van der Waals surface area contributed by atoms with Gasteiger partial charge in [0.15, 0.2) is 0 Å². The van der Waals surface area contributed by atoms with Crippen LogP contribution in [0.15, 0.2) is 24.3 Å². The van der Waals surface area contributed by atoms with E-state index in [9.17, 15) is 4.79 Å². The molecular weight excluding hydrogens is 252 g/mol. The fourth-order valence-corrected chi connectivity index (χ4v) is 2.24. The third kappa shape index (κ3) is 5.31.